The molecule has 1 heterocycles. The molecule has 1 aromatic rings. The highest BCUT2D eigenvalue weighted by Gasteiger charge is 2.36. The minimum absolute atomic E-state index is 0.0904. The number of likely N-dealkylation sites (N-methyl/N-ethyl adjacent to an activating group) is 1. The summed E-state index contributed by atoms with van der Waals surface area (Å²) in [6, 6.07) is 5.17. The lowest BCUT2D eigenvalue weighted by Gasteiger charge is -2.41. The number of halogens is 1. The first kappa shape index (κ1) is 13.8. The van der Waals surface area contributed by atoms with E-state index in [4.69, 9.17) is 4.74 Å². The number of benzene rings is 1. The highest BCUT2D eigenvalue weighted by Crippen LogP contribution is 2.37. The molecule has 4 heteroatoms. The fourth-order valence-corrected chi connectivity index (χ4v) is 3.48. The van der Waals surface area contributed by atoms with Gasteiger partial charge in [0.25, 0.3) is 0 Å². The zero-order chi connectivity index (χ0) is 14.1. The Morgan fingerprint density at radius 2 is 2.00 bits per heavy atom. The van der Waals surface area contributed by atoms with Crippen LogP contribution in [-0.4, -0.2) is 35.7 Å². The Hall–Kier alpha value is -1.13. The third kappa shape index (κ3) is 2.42. The molecule has 1 fully saturated rings. The van der Waals surface area contributed by atoms with E-state index in [0.717, 1.165) is 0 Å². The number of para-hydroxylation sites is 1. The van der Waals surface area contributed by atoms with Crippen molar-refractivity contribution in [1.29, 1.82) is 0 Å². The maximum absolute atomic E-state index is 13.7. The average Bonchev–Trinajstić information content (AvgIpc) is 2.49. The summed E-state index contributed by atoms with van der Waals surface area (Å²) in [5, 5.41) is 10.6. The third-order valence-electron chi connectivity index (χ3n) is 4.75. The monoisotopic (exact) mass is 279 g/mol. The summed E-state index contributed by atoms with van der Waals surface area (Å²) in [5.74, 6) is -0.173. The molecule has 2 aliphatic rings. The summed E-state index contributed by atoms with van der Waals surface area (Å²) in [4.78, 5) is 2.23. The molecule has 0 saturated heterocycles. The molecule has 20 heavy (non-hydrogen) atoms. The molecule has 1 aliphatic carbocycles. The molecule has 3 rings (SSSR count). The van der Waals surface area contributed by atoms with E-state index in [2.05, 4.69) is 11.9 Å². The van der Waals surface area contributed by atoms with Crippen molar-refractivity contribution in [2.75, 3.05) is 13.7 Å². The van der Waals surface area contributed by atoms with E-state index in [0.29, 0.717) is 18.2 Å². The third-order valence-corrected chi connectivity index (χ3v) is 4.75. The quantitative estimate of drug-likeness (QED) is 0.903. The zero-order valence-corrected chi connectivity index (χ0v) is 11.9. The van der Waals surface area contributed by atoms with Crippen molar-refractivity contribution in [3.63, 3.8) is 0 Å². The Balaban J connectivity index is 1.79. The first-order valence-corrected chi connectivity index (χ1v) is 7.49. The highest BCUT2D eigenvalue weighted by molar-refractivity contribution is 5.39. The largest absolute Gasteiger partial charge is 0.488 e. The summed E-state index contributed by atoms with van der Waals surface area (Å²) in [6.45, 7) is 0.349. The van der Waals surface area contributed by atoms with Gasteiger partial charge in [0, 0.05) is 11.6 Å². The van der Waals surface area contributed by atoms with E-state index in [1.165, 1.54) is 38.2 Å². The number of aliphatic hydroxyl groups excluding tert-OH is 1. The molecular formula is C16H22FNO2. The van der Waals surface area contributed by atoms with Gasteiger partial charge in [-0.3, -0.25) is 4.90 Å². The van der Waals surface area contributed by atoms with Crippen LogP contribution in [-0.2, 0) is 0 Å². The Bertz CT molecular complexity index is 474. The lowest BCUT2D eigenvalue weighted by atomic mass is 9.91. The van der Waals surface area contributed by atoms with Gasteiger partial charge in [0.15, 0.2) is 11.6 Å². The number of ether oxygens (including phenoxy) is 1. The van der Waals surface area contributed by atoms with E-state index >= 15 is 0 Å². The van der Waals surface area contributed by atoms with Crippen LogP contribution in [0, 0.1) is 5.82 Å². The number of hydrogen-bond acceptors (Lipinski definition) is 3. The topological polar surface area (TPSA) is 32.7 Å². The normalized spacial score (nSPS) is 27.2. The van der Waals surface area contributed by atoms with Gasteiger partial charge in [-0.1, -0.05) is 31.4 Å². The smallest absolute Gasteiger partial charge is 0.165 e. The van der Waals surface area contributed by atoms with Gasteiger partial charge in [-0.05, 0) is 26.0 Å². The lowest BCUT2D eigenvalue weighted by Crippen LogP contribution is -2.49. The lowest BCUT2D eigenvalue weighted by molar-refractivity contribution is -0.0113. The molecule has 110 valence electrons. The van der Waals surface area contributed by atoms with Crippen LogP contribution in [0.15, 0.2) is 18.2 Å². The molecule has 2 unspecified atom stereocenters. The molecule has 1 aliphatic heterocycles. The molecule has 0 aromatic heterocycles. The summed E-state index contributed by atoms with van der Waals surface area (Å²) < 4.78 is 19.3. The Kier molecular flexibility index (Phi) is 3.94. The molecule has 1 aromatic carbocycles. The van der Waals surface area contributed by atoms with Gasteiger partial charge in [0.1, 0.15) is 12.7 Å². The molecule has 0 bridgehead atoms. The van der Waals surface area contributed by atoms with Crippen molar-refractivity contribution in [2.45, 2.75) is 50.3 Å². The van der Waals surface area contributed by atoms with Crippen LogP contribution < -0.4 is 4.74 Å². The van der Waals surface area contributed by atoms with E-state index in [9.17, 15) is 9.50 Å². The molecule has 0 radical (unpaired) electrons. The van der Waals surface area contributed by atoms with Gasteiger partial charge in [-0.25, -0.2) is 4.39 Å². The van der Waals surface area contributed by atoms with Crippen LogP contribution in [0.4, 0.5) is 4.39 Å². The Labute approximate surface area is 119 Å². The van der Waals surface area contributed by atoms with Gasteiger partial charge in [0.2, 0.25) is 0 Å². The summed E-state index contributed by atoms with van der Waals surface area (Å²) in [5.41, 5.74) is 0.573. The van der Waals surface area contributed by atoms with Crippen LogP contribution in [0.2, 0.25) is 0 Å². The SMILES string of the molecule is CN(C1CCCCC1)C1COc2c(F)cccc2C1O. The Morgan fingerprint density at radius 3 is 2.75 bits per heavy atom. The second kappa shape index (κ2) is 5.70. The predicted molar refractivity (Wildman–Crippen MR) is 75.3 cm³/mol. The fraction of sp³-hybridized carbons (Fsp3) is 0.625. The van der Waals surface area contributed by atoms with Crippen molar-refractivity contribution in [3.05, 3.63) is 29.6 Å². The number of hydrogen-bond donors (Lipinski definition) is 1. The van der Waals surface area contributed by atoms with E-state index in [1.54, 1.807) is 12.1 Å². The van der Waals surface area contributed by atoms with Crippen LogP contribution in [0.5, 0.6) is 5.75 Å². The van der Waals surface area contributed by atoms with Gasteiger partial charge in [-0.2, -0.15) is 0 Å². The minimum Gasteiger partial charge on any atom is -0.488 e. The number of fused-ring (bicyclic) bond motifs is 1. The molecule has 1 N–H and O–H groups in total. The number of aliphatic hydroxyl groups is 1. The highest BCUT2D eigenvalue weighted by atomic mass is 19.1. The van der Waals surface area contributed by atoms with Gasteiger partial charge < -0.3 is 9.84 Å². The van der Waals surface area contributed by atoms with Crippen molar-refractivity contribution in [3.8, 4) is 5.75 Å². The first-order valence-electron chi connectivity index (χ1n) is 7.49. The van der Waals surface area contributed by atoms with Crippen LogP contribution >= 0.6 is 0 Å². The molecule has 0 amide bonds. The van der Waals surface area contributed by atoms with E-state index in [1.807, 2.05) is 0 Å². The van der Waals surface area contributed by atoms with Gasteiger partial charge >= 0.3 is 0 Å². The standard InChI is InChI=1S/C16H22FNO2/c1-18(11-6-3-2-4-7-11)14-10-20-16-12(15(14)19)8-5-9-13(16)17/h5,8-9,11,14-15,19H,2-4,6-7,10H2,1H3. The summed E-state index contributed by atoms with van der Waals surface area (Å²) >= 11 is 0. The van der Waals surface area contributed by atoms with Crippen molar-refractivity contribution in [2.24, 2.45) is 0 Å². The van der Waals surface area contributed by atoms with Crippen molar-refractivity contribution < 1.29 is 14.2 Å². The maximum Gasteiger partial charge on any atom is 0.165 e. The number of nitrogens with zero attached hydrogens (tertiary/aromatic N) is 1. The van der Waals surface area contributed by atoms with Crippen molar-refractivity contribution in [1.82, 2.24) is 4.90 Å². The Morgan fingerprint density at radius 1 is 1.25 bits per heavy atom. The molecule has 3 nitrogen and oxygen atoms in total. The predicted octanol–water partition coefficient (Wildman–Crippen LogP) is 2.88. The average molecular weight is 279 g/mol. The van der Waals surface area contributed by atoms with Crippen LogP contribution in [0.1, 0.15) is 43.8 Å². The van der Waals surface area contributed by atoms with E-state index in [-0.39, 0.29) is 17.6 Å². The zero-order valence-electron chi connectivity index (χ0n) is 11.9. The molecule has 0 spiro atoms. The molecule has 1 saturated carbocycles. The van der Waals surface area contributed by atoms with Crippen molar-refractivity contribution >= 4 is 0 Å². The summed E-state index contributed by atoms with van der Waals surface area (Å²) in [7, 11) is 2.05. The fourth-order valence-electron chi connectivity index (χ4n) is 3.48. The van der Waals surface area contributed by atoms with Crippen LogP contribution in [0.25, 0.3) is 0 Å². The van der Waals surface area contributed by atoms with Crippen LogP contribution in [0.3, 0.4) is 0 Å². The van der Waals surface area contributed by atoms with E-state index < -0.39 is 6.10 Å². The second-order valence-electron chi connectivity index (χ2n) is 5.94. The van der Waals surface area contributed by atoms with Gasteiger partial charge in [0.05, 0.1) is 6.04 Å². The maximum atomic E-state index is 13.7. The van der Waals surface area contributed by atoms with Gasteiger partial charge in [-0.15, -0.1) is 0 Å². The first-order chi connectivity index (χ1) is 9.68. The second-order valence-corrected chi connectivity index (χ2v) is 5.94. The molecular weight excluding hydrogens is 257 g/mol. The minimum atomic E-state index is -0.679. The number of rotatable bonds is 2. The summed E-state index contributed by atoms with van der Waals surface area (Å²) in [6.07, 6.45) is 5.49. The molecule has 2 atom stereocenters.